The number of benzene rings is 2. The SMILES string of the molecule is COc1ccc(C(=O)N2CCC(N3C(=O)CCc4ccccc43)CC2)c(N)c1. The molecule has 0 saturated carbocycles. The van der Waals surface area contributed by atoms with Crippen LogP contribution in [0.15, 0.2) is 42.5 Å². The Balaban J connectivity index is 1.47. The van der Waals surface area contributed by atoms with Crippen LogP contribution in [0.4, 0.5) is 11.4 Å². The van der Waals surface area contributed by atoms with E-state index in [9.17, 15) is 9.59 Å². The average molecular weight is 379 g/mol. The van der Waals surface area contributed by atoms with Gasteiger partial charge in [0, 0.05) is 43.0 Å². The van der Waals surface area contributed by atoms with Crippen LogP contribution < -0.4 is 15.4 Å². The maximum Gasteiger partial charge on any atom is 0.255 e. The molecule has 0 unspecified atom stereocenters. The van der Waals surface area contributed by atoms with Crippen LogP contribution in [0, 0.1) is 0 Å². The summed E-state index contributed by atoms with van der Waals surface area (Å²) < 4.78 is 5.15. The molecule has 0 atom stereocenters. The smallest absolute Gasteiger partial charge is 0.255 e. The van der Waals surface area contributed by atoms with Crippen LogP contribution in [0.25, 0.3) is 0 Å². The van der Waals surface area contributed by atoms with Crippen LogP contribution in [0.3, 0.4) is 0 Å². The zero-order valence-corrected chi connectivity index (χ0v) is 16.1. The first kappa shape index (κ1) is 18.3. The number of methoxy groups -OCH3 is 1. The highest BCUT2D eigenvalue weighted by atomic mass is 16.5. The van der Waals surface area contributed by atoms with Gasteiger partial charge in [-0.05, 0) is 43.0 Å². The molecule has 6 heteroatoms. The molecular formula is C22H25N3O3. The van der Waals surface area contributed by atoms with Gasteiger partial charge in [-0.25, -0.2) is 0 Å². The third-order valence-corrected chi connectivity index (χ3v) is 5.73. The summed E-state index contributed by atoms with van der Waals surface area (Å²) in [6.07, 6.45) is 2.89. The van der Waals surface area contributed by atoms with Crippen LogP contribution in [0.5, 0.6) is 5.75 Å². The Bertz CT molecular complexity index is 904. The van der Waals surface area contributed by atoms with Gasteiger partial charge in [0.1, 0.15) is 5.75 Å². The number of nitrogens with two attached hydrogens (primary N) is 1. The zero-order valence-electron chi connectivity index (χ0n) is 16.1. The van der Waals surface area contributed by atoms with Gasteiger partial charge in [-0.3, -0.25) is 9.59 Å². The first-order valence-corrected chi connectivity index (χ1v) is 9.71. The second kappa shape index (κ2) is 7.54. The van der Waals surface area contributed by atoms with Gasteiger partial charge in [0.2, 0.25) is 5.91 Å². The van der Waals surface area contributed by atoms with Gasteiger partial charge in [0.05, 0.1) is 12.7 Å². The Morgan fingerprint density at radius 1 is 1.11 bits per heavy atom. The quantitative estimate of drug-likeness (QED) is 0.832. The third kappa shape index (κ3) is 3.30. The van der Waals surface area contributed by atoms with Crippen molar-refractivity contribution in [2.24, 2.45) is 0 Å². The number of likely N-dealkylation sites (tertiary alicyclic amines) is 1. The van der Waals surface area contributed by atoms with Crippen molar-refractivity contribution in [1.29, 1.82) is 0 Å². The molecule has 0 aliphatic carbocycles. The number of carbonyl (C=O) groups excluding carboxylic acids is 2. The summed E-state index contributed by atoms with van der Waals surface area (Å²) in [5, 5.41) is 0. The summed E-state index contributed by atoms with van der Waals surface area (Å²) >= 11 is 0. The normalized spacial score (nSPS) is 17.4. The predicted molar refractivity (Wildman–Crippen MR) is 109 cm³/mol. The van der Waals surface area contributed by atoms with E-state index in [4.69, 9.17) is 10.5 Å². The van der Waals surface area contributed by atoms with Crippen LogP contribution in [0.1, 0.15) is 35.2 Å². The van der Waals surface area contributed by atoms with Gasteiger partial charge in [-0.15, -0.1) is 0 Å². The lowest BCUT2D eigenvalue weighted by atomic mass is 9.95. The third-order valence-electron chi connectivity index (χ3n) is 5.73. The monoisotopic (exact) mass is 379 g/mol. The van der Waals surface area contributed by atoms with Crippen molar-refractivity contribution >= 4 is 23.2 Å². The molecular weight excluding hydrogens is 354 g/mol. The molecule has 1 saturated heterocycles. The maximum atomic E-state index is 12.9. The number of para-hydroxylation sites is 1. The fourth-order valence-corrected chi connectivity index (χ4v) is 4.21. The number of piperidine rings is 1. The van der Waals surface area contributed by atoms with E-state index in [0.29, 0.717) is 36.5 Å². The maximum absolute atomic E-state index is 12.9. The van der Waals surface area contributed by atoms with Crippen molar-refractivity contribution in [2.75, 3.05) is 30.8 Å². The minimum atomic E-state index is -0.0658. The molecule has 1 fully saturated rings. The average Bonchev–Trinajstić information content (AvgIpc) is 2.73. The molecule has 2 aliphatic heterocycles. The molecule has 0 spiro atoms. The van der Waals surface area contributed by atoms with Crippen LogP contribution in [-0.2, 0) is 11.2 Å². The Morgan fingerprint density at radius 2 is 1.86 bits per heavy atom. The Hall–Kier alpha value is -3.02. The second-order valence-corrected chi connectivity index (χ2v) is 7.37. The highest BCUT2D eigenvalue weighted by Gasteiger charge is 2.34. The predicted octanol–water partition coefficient (Wildman–Crippen LogP) is 2.86. The summed E-state index contributed by atoms with van der Waals surface area (Å²) in [6, 6.07) is 13.4. The van der Waals surface area contributed by atoms with E-state index in [-0.39, 0.29) is 17.9 Å². The molecule has 2 amide bonds. The summed E-state index contributed by atoms with van der Waals surface area (Å²) in [5.41, 5.74) is 9.22. The fourth-order valence-electron chi connectivity index (χ4n) is 4.21. The molecule has 2 heterocycles. The van der Waals surface area contributed by atoms with E-state index in [1.165, 1.54) is 5.56 Å². The number of carbonyl (C=O) groups is 2. The second-order valence-electron chi connectivity index (χ2n) is 7.37. The molecule has 28 heavy (non-hydrogen) atoms. The van der Waals surface area contributed by atoms with Crippen molar-refractivity contribution in [3.63, 3.8) is 0 Å². The number of rotatable bonds is 3. The van der Waals surface area contributed by atoms with Gasteiger partial charge in [-0.1, -0.05) is 18.2 Å². The van der Waals surface area contributed by atoms with Crippen molar-refractivity contribution in [3.05, 3.63) is 53.6 Å². The molecule has 0 radical (unpaired) electrons. The largest absolute Gasteiger partial charge is 0.497 e. The topological polar surface area (TPSA) is 75.9 Å². The lowest BCUT2D eigenvalue weighted by Crippen LogP contribution is -2.50. The van der Waals surface area contributed by atoms with E-state index in [1.54, 1.807) is 25.3 Å². The van der Waals surface area contributed by atoms with E-state index < -0.39 is 0 Å². The van der Waals surface area contributed by atoms with Gasteiger partial charge in [-0.2, -0.15) is 0 Å². The van der Waals surface area contributed by atoms with E-state index >= 15 is 0 Å². The number of amides is 2. The molecule has 6 nitrogen and oxygen atoms in total. The lowest BCUT2D eigenvalue weighted by Gasteiger charge is -2.41. The minimum absolute atomic E-state index is 0.0658. The number of hydrogen-bond donors (Lipinski definition) is 1. The number of hydrogen-bond acceptors (Lipinski definition) is 4. The van der Waals surface area contributed by atoms with E-state index in [0.717, 1.165) is 24.9 Å². The fraction of sp³-hybridized carbons (Fsp3) is 0.364. The minimum Gasteiger partial charge on any atom is -0.497 e. The van der Waals surface area contributed by atoms with E-state index in [2.05, 4.69) is 6.07 Å². The number of nitrogen functional groups attached to an aromatic ring is 1. The van der Waals surface area contributed by atoms with Crippen molar-refractivity contribution in [2.45, 2.75) is 31.7 Å². The summed E-state index contributed by atoms with van der Waals surface area (Å²) in [5.74, 6) is 0.752. The standard InChI is InChI=1S/C22H25N3O3/c1-28-17-7-8-18(19(23)14-17)22(27)24-12-10-16(11-13-24)25-20-5-3-2-4-15(20)6-9-21(25)26/h2-5,7-8,14,16H,6,9-13,23H2,1H3. The van der Waals surface area contributed by atoms with E-state index in [1.807, 2.05) is 28.0 Å². The van der Waals surface area contributed by atoms with Crippen molar-refractivity contribution < 1.29 is 14.3 Å². The number of ether oxygens (including phenoxy) is 1. The lowest BCUT2D eigenvalue weighted by molar-refractivity contribution is -0.119. The highest BCUT2D eigenvalue weighted by Crippen LogP contribution is 2.32. The van der Waals surface area contributed by atoms with Gasteiger partial charge >= 0.3 is 0 Å². The first-order valence-electron chi connectivity index (χ1n) is 9.71. The summed E-state index contributed by atoms with van der Waals surface area (Å²) in [4.78, 5) is 29.3. The van der Waals surface area contributed by atoms with Gasteiger partial charge in [0.25, 0.3) is 5.91 Å². The molecule has 0 bridgehead atoms. The van der Waals surface area contributed by atoms with Crippen molar-refractivity contribution in [3.8, 4) is 5.75 Å². The number of aryl methyl sites for hydroxylation is 1. The van der Waals surface area contributed by atoms with Crippen LogP contribution in [-0.4, -0.2) is 43.0 Å². The Labute approximate surface area is 164 Å². The molecule has 146 valence electrons. The van der Waals surface area contributed by atoms with Crippen LogP contribution in [0.2, 0.25) is 0 Å². The molecule has 2 aromatic carbocycles. The van der Waals surface area contributed by atoms with Crippen LogP contribution >= 0.6 is 0 Å². The molecule has 2 aromatic rings. The summed E-state index contributed by atoms with van der Waals surface area (Å²) in [6.45, 7) is 1.22. The Kier molecular flexibility index (Phi) is 4.94. The highest BCUT2D eigenvalue weighted by molar-refractivity contribution is 6.00. The number of nitrogens with zero attached hydrogens (tertiary/aromatic N) is 2. The first-order chi connectivity index (χ1) is 13.6. The number of anilines is 2. The van der Waals surface area contributed by atoms with Gasteiger partial charge < -0.3 is 20.3 Å². The van der Waals surface area contributed by atoms with Crippen molar-refractivity contribution in [1.82, 2.24) is 4.90 Å². The molecule has 0 aromatic heterocycles. The molecule has 2 aliphatic rings. The molecule has 4 rings (SSSR count). The summed E-state index contributed by atoms with van der Waals surface area (Å²) in [7, 11) is 1.57. The zero-order chi connectivity index (χ0) is 19.7. The van der Waals surface area contributed by atoms with Gasteiger partial charge in [0.15, 0.2) is 0 Å². The Morgan fingerprint density at radius 3 is 2.57 bits per heavy atom. The number of fused-ring (bicyclic) bond motifs is 1. The molecule has 2 N–H and O–H groups in total.